The molecule has 0 aromatic heterocycles. The van der Waals surface area contributed by atoms with Gasteiger partial charge in [-0.05, 0) is 49.7 Å². The maximum atomic E-state index is 12.1. The molecule has 0 aliphatic rings. The molecule has 0 saturated heterocycles. The van der Waals surface area contributed by atoms with Gasteiger partial charge in [0.1, 0.15) is 12.2 Å². The van der Waals surface area contributed by atoms with Gasteiger partial charge in [-0.1, -0.05) is 66.2 Å². The van der Waals surface area contributed by atoms with Gasteiger partial charge in [-0.15, -0.1) is 0 Å². The average Bonchev–Trinajstić information content (AvgIpc) is 3.08. The van der Waals surface area contributed by atoms with E-state index in [0.717, 1.165) is 25.9 Å². The number of carbonyl (C=O) groups excluding carboxylic acids is 1. The zero-order valence-electron chi connectivity index (χ0n) is 29.8. The summed E-state index contributed by atoms with van der Waals surface area (Å²) in [6, 6.07) is 0. The Morgan fingerprint density at radius 3 is 1.49 bits per heavy atom. The molecule has 10 nitrogen and oxygen atoms in total. The molecule has 0 rings (SSSR count). The molecule has 13 heteroatoms. The van der Waals surface area contributed by atoms with E-state index in [1.807, 2.05) is 0 Å². The number of amides is 1. The molecular formula is C34H68N2O8S3. The third-order valence-electron chi connectivity index (χ3n) is 7.57. The molecule has 0 aromatic carbocycles. The van der Waals surface area contributed by atoms with E-state index in [1.54, 1.807) is 0 Å². The third kappa shape index (κ3) is 30.0. The zero-order chi connectivity index (χ0) is 34.8. The van der Waals surface area contributed by atoms with Gasteiger partial charge in [0.05, 0.1) is 39.6 Å². The van der Waals surface area contributed by atoms with Gasteiger partial charge >= 0.3 is 6.09 Å². The third-order valence-corrected chi connectivity index (χ3v) is 8.62. The van der Waals surface area contributed by atoms with Crippen LogP contribution in [0.1, 0.15) is 91.9 Å². The van der Waals surface area contributed by atoms with Crippen LogP contribution in [0.15, 0.2) is 0 Å². The first-order chi connectivity index (χ1) is 22.9. The van der Waals surface area contributed by atoms with Crippen molar-refractivity contribution in [2.45, 2.75) is 104 Å². The second-order valence-corrected chi connectivity index (χ2v) is 12.8. The molecule has 4 unspecified atom stereocenters. The van der Waals surface area contributed by atoms with Gasteiger partial charge < -0.3 is 43.8 Å². The number of thiocarbonyl (C=S) groups is 1. The first kappa shape index (κ1) is 46.5. The van der Waals surface area contributed by atoms with Gasteiger partial charge in [0.25, 0.3) is 5.17 Å². The van der Waals surface area contributed by atoms with E-state index in [2.05, 4.69) is 63.6 Å². The predicted molar refractivity (Wildman–Crippen MR) is 201 cm³/mol. The predicted octanol–water partition coefficient (Wildman–Crippen LogP) is 6.50. The van der Waals surface area contributed by atoms with Crippen LogP contribution in [0, 0.1) is 11.8 Å². The molecule has 0 fully saturated rings. The fraction of sp³-hybridized carbons (Fsp3) is 0.941. The number of hydrogen-bond donors (Lipinski definition) is 4. The van der Waals surface area contributed by atoms with Crippen molar-refractivity contribution >= 4 is 48.7 Å². The number of carbonyl (C=O) groups is 1. The molecule has 0 aliphatic carbocycles. The van der Waals surface area contributed by atoms with E-state index in [-0.39, 0.29) is 12.2 Å². The first-order valence-corrected chi connectivity index (χ1v) is 19.6. The highest BCUT2D eigenvalue weighted by Gasteiger charge is 2.15. The molecule has 0 spiro atoms. The Morgan fingerprint density at radius 1 is 0.596 bits per heavy atom. The Kier molecular flexibility index (Phi) is 34.9. The number of thiol groups is 2. The minimum absolute atomic E-state index is 0.166. The van der Waals surface area contributed by atoms with Crippen LogP contribution in [0.3, 0.4) is 0 Å². The summed E-state index contributed by atoms with van der Waals surface area (Å²) < 4.78 is 39.6. The van der Waals surface area contributed by atoms with E-state index in [4.69, 9.17) is 45.4 Å². The molecule has 0 aromatic rings. The number of hydrogen-bond acceptors (Lipinski definition) is 11. The van der Waals surface area contributed by atoms with E-state index < -0.39 is 6.09 Å². The van der Waals surface area contributed by atoms with Crippen molar-refractivity contribution in [2.75, 3.05) is 90.7 Å². The molecule has 0 aliphatic heterocycles. The molecule has 280 valence electrons. The SMILES string of the molecule is CCCCC(CC)COCC(CS)OC(=O)NCCCOCCOCCOCCCNC(=S)OC(CS)COCC(CC)CCCC. The molecule has 47 heavy (non-hydrogen) atoms. The summed E-state index contributed by atoms with van der Waals surface area (Å²) in [5.74, 6) is 2.11. The zero-order valence-corrected chi connectivity index (χ0v) is 32.5. The number of ether oxygens (including phenoxy) is 7. The Hall–Kier alpha value is -0.540. The molecule has 2 N–H and O–H groups in total. The maximum absolute atomic E-state index is 12.1. The van der Waals surface area contributed by atoms with Crippen LogP contribution in [0.25, 0.3) is 0 Å². The first-order valence-electron chi connectivity index (χ1n) is 17.9. The number of alkyl carbamates (subject to hydrolysis) is 1. The number of unbranched alkanes of at least 4 members (excludes halogenated alkanes) is 2. The van der Waals surface area contributed by atoms with E-state index in [1.165, 1.54) is 38.5 Å². The smallest absolute Gasteiger partial charge is 0.407 e. The van der Waals surface area contributed by atoms with Gasteiger partial charge in [-0.2, -0.15) is 25.3 Å². The minimum Gasteiger partial charge on any atom is -0.464 e. The lowest BCUT2D eigenvalue weighted by Crippen LogP contribution is -2.33. The van der Waals surface area contributed by atoms with Crippen LogP contribution in [-0.4, -0.2) is 114 Å². The quantitative estimate of drug-likeness (QED) is 0.0334. The molecule has 0 heterocycles. The maximum Gasteiger partial charge on any atom is 0.407 e. The molecule has 0 saturated carbocycles. The van der Waals surface area contributed by atoms with E-state index in [0.29, 0.717) is 107 Å². The van der Waals surface area contributed by atoms with Gasteiger partial charge in [-0.3, -0.25) is 0 Å². The van der Waals surface area contributed by atoms with Gasteiger partial charge in [0.2, 0.25) is 0 Å². The van der Waals surface area contributed by atoms with Crippen molar-refractivity contribution in [1.82, 2.24) is 10.6 Å². The number of rotatable bonds is 34. The summed E-state index contributed by atoms with van der Waals surface area (Å²) in [6.45, 7) is 15.3. The molecule has 0 bridgehead atoms. The number of nitrogens with one attached hydrogen (secondary N) is 2. The Morgan fingerprint density at radius 2 is 1.04 bits per heavy atom. The second-order valence-electron chi connectivity index (χ2n) is 11.7. The lowest BCUT2D eigenvalue weighted by Gasteiger charge is -2.20. The lowest BCUT2D eigenvalue weighted by molar-refractivity contribution is 0.0122. The summed E-state index contributed by atoms with van der Waals surface area (Å²) in [5.41, 5.74) is 0. The van der Waals surface area contributed by atoms with Crippen molar-refractivity contribution in [1.29, 1.82) is 0 Å². The van der Waals surface area contributed by atoms with Crippen LogP contribution in [0.4, 0.5) is 4.79 Å². The van der Waals surface area contributed by atoms with Crippen LogP contribution >= 0.6 is 37.5 Å². The lowest BCUT2D eigenvalue weighted by atomic mass is 10.0. The molecular weight excluding hydrogens is 661 g/mol. The molecule has 0 radical (unpaired) electrons. The average molecular weight is 729 g/mol. The monoisotopic (exact) mass is 728 g/mol. The fourth-order valence-corrected chi connectivity index (χ4v) is 5.03. The normalized spacial score (nSPS) is 13.9. The topological polar surface area (TPSA) is 106 Å². The minimum atomic E-state index is -0.457. The summed E-state index contributed by atoms with van der Waals surface area (Å²) in [4.78, 5) is 12.1. The van der Waals surface area contributed by atoms with Crippen LogP contribution in [-0.2, 0) is 33.2 Å². The molecule has 1 amide bonds. The van der Waals surface area contributed by atoms with Crippen LogP contribution in [0.2, 0.25) is 0 Å². The van der Waals surface area contributed by atoms with Crippen molar-refractivity contribution in [3.05, 3.63) is 0 Å². The van der Waals surface area contributed by atoms with Crippen molar-refractivity contribution in [2.24, 2.45) is 11.8 Å². The fourth-order valence-electron chi connectivity index (χ4n) is 4.43. The highest BCUT2D eigenvalue weighted by molar-refractivity contribution is 7.80. The largest absolute Gasteiger partial charge is 0.464 e. The summed E-state index contributed by atoms with van der Waals surface area (Å²) in [6.07, 6.45) is 9.94. The van der Waals surface area contributed by atoms with Crippen LogP contribution < -0.4 is 10.6 Å². The van der Waals surface area contributed by atoms with E-state index in [9.17, 15) is 4.79 Å². The highest BCUT2D eigenvalue weighted by Crippen LogP contribution is 2.14. The second kappa shape index (κ2) is 35.3. The Bertz CT molecular complexity index is 658. The van der Waals surface area contributed by atoms with Gasteiger partial charge in [-0.25, -0.2) is 4.79 Å². The highest BCUT2D eigenvalue weighted by atomic mass is 32.1. The summed E-state index contributed by atoms with van der Waals surface area (Å²) in [7, 11) is 0. The van der Waals surface area contributed by atoms with Gasteiger partial charge in [0, 0.05) is 51.0 Å². The van der Waals surface area contributed by atoms with Crippen molar-refractivity contribution < 1.29 is 38.0 Å². The summed E-state index contributed by atoms with van der Waals surface area (Å²) in [5, 5.41) is 6.23. The van der Waals surface area contributed by atoms with E-state index >= 15 is 0 Å². The van der Waals surface area contributed by atoms with Crippen molar-refractivity contribution in [3.63, 3.8) is 0 Å². The molecule has 4 atom stereocenters. The summed E-state index contributed by atoms with van der Waals surface area (Å²) >= 11 is 14.0. The van der Waals surface area contributed by atoms with Crippen molar-refractivity contribution in [3.8, 4) is 0 Å². The van der Waals surface area contributed by atoms with Gasteiger partial charge in [0.15, 0.2) is 0 Å². The standard InChI is InChI=1S/C34H68N2O8S3/c1-5-9-13-29(7-3)23-41-25-31(27-45)43-33(37)35-15-11-17-38-19-21-40-22-20-39-18-12-16-36-34(47)44-32(28-46)26-42-24-30(8-4)14-10-6-2/h29-32,45-46H,5-28H2,1-4H3,(H,35,37)(H,36,47). The Balaban J connectivity index is 3.63. The van der Waals surface area contributed by atoms with Crippen LogP contribution in [0.5, 0.6) is 0 Å². The Labute approximate surface area is 303 Å².